The number of hydrogen-bond acceptors (Lipinski definition) is 4. The lowest BCUT2D eigenvalue weighted by molar-refractivity contribution is 1.25. The van der Waals surface area contributed by atoms with Crippen LogP contribution in [0.5, 0.6) is 0 Å². The number of rotatable bonds is 3. The molecule has 7 aromatic carbocycles. The maximum atomic E-state index is 10.1. The van der Waals surface area contributed by atoms with Crippen LogP contribution < -0.4 is 0 Å². The first-order valence-electron chi connectivity index (χ1n) is 18.8. The fourth-order valence-corrected chi connectivity index (χ4v) is 8.62. The first kappa shape index (κ1) is 19.2. The predicted octanol–water partition coefficient (Wildman–Crippen LogP) is 12.5. The molecule has 3 aromatic heterocycles. The van der Waals surface area contributed by atoms with Crippen molar-refractivity contribution in [3.05, 3.63) is 145 Å². The molecule has 0 N–H and O–H groups in total. The van der Waals surface area contributed by atoms with Crippen LogP contribution >= 0.6 is 22.7 Å². The van der Waals surface area contributed by atoms with E-state index in [4.69, 9.17) is 16.8 Å². The van der Waals surface area contributed by atoms with Crippen molar-refractivity contribution in [3.63, 3.8) is 0 Å². The lowest BCUT2D eigenvalue weighted by Crippen LogP contribution is -1.95. The Bertz CT molecular complexity index is 3270. The van der Waals surface area contributed by atoms with E-state index in [1.807, 2.05) is 97.1 Å². The number of nitrogens with zero attached hydrogens (tertiary/aromatic N) is 2. The van der Waals surface area contributed by atoms with Crippen LogP contribution in [0.4, 0.5) is 0 Å². The van der Waals surface area contributed by atoms with Crippen LogP contribution in [0.25, 0.3) is 95.8 Å². The normalized spacial score (nSPS) is 14.3. The minimum atomic E-state index is -0.416. The van der Waals surface area contributed by atoms with Gasteiger partial charge in [-0.15, -0.1) is 22.7 Å². The van der Waals surface area contributed by atoms with E-state index in [0.717, 1.165) is 42.5 Å². The van der Waals surface area contributed by atoms with E-state index in [1.54, 1.807) is 11.3 Å². The Kier molecular flexibility index (Phi) is 4.19. The lowest BCUT2D eigenvalue weighted by Gasteiger charge is -2.13. The second-order valence-corrected chi connectivity index (χ2v) is 13.2. The summed E-state index contributed by atoms with van der Waals surface area (Å²) in [5.41, 5.74) is 3.34. The van der Waals surface area contributed by atoms with Gasteiger partial charge in [0.2, 0.25) is 0 Å². The summed E-state index contributed by atoms with van der Waals surface area (Å²) in [7, 11) is 0. The summed E-state index contributed by atoms with van der Waals surface area (Å²) in [5.74, 6) is 0.186. The highest BCUT2D eigenvalue weighted by Crippen LogP contribution is 2.47. The van der Waals surface area contributed by atoms with Crippen LogP contribution in [-0.2, 0) is 0 Å². The van der Waals surface area contributed by atoms with E-state index in [1.165, 1.54) is 0 Å². The Morgan fingerprint density at radius 2 is 1.30 bits per heavy atom. The average molecular weight is 629 g/mol. The molecule has 0 radical (unpaired) electrons. The first-order chi connectivity index (χ1) is 26.1. The van der Waals surface area contributed by atoms with Crippen LogP contribution in [-0.4, -0.2) is 9.97 Å². The quantitative estimate of drug-likeness (QED) is 0.195. The van der Waals surface area contributed by atoms with Crippen LogP contribution in [0.1, 0.15) is 11.0 Å². The third kappa shape index (κ3) is 3.87. The van der Waals surface area contributed by atoms with Gasteiger partial charge in [-0.1, -0.05) is 121 Å². The molecule has 0 fully saturated rings. The summed E-state index contributed by atoms with van der Waals surface area (Å²) in [5, 5.41) is 3.85. The highest BCUT2D eigenvalue weighted by molar-refractivity contribution is 7.27. The van der Waals surface area contributed by atoms with Gasteiger partial charge in [0, 0.05) is 46.8 Å². The number of aromatic nitrogens is 2. The van der Waals surface area contributed by atoms with Gasteiger partial charge >= 0.3 is 0 Å². The second-order valence-electron chi connectivity index (χ2n) is 11.1. The van der Waals surface area contributed by atoms with Crippen LogP contribution in [0.3, 0.4) is 0 Å². The smallest absolute Gasteiger partial charge is 0.161 e. The molecule has 0 atom stereocenters. The lowest BCUT2D eigenvalue weighted by atomic mass is 9.93. The van der Waals surface area contributed by atoms with Crippen molar-refractivity contribution in [2.75, 3.05) is 0 Å². The van der Waals surface area contributed by atoms with Gasteiger partial charge in [-0.25, -0.2) is 9.97 Å². The molecule has 0 aliphatic heterocycles. The molecule has 0 saturated carbocycles. The summed E-state index contributed by atoms with van der Waals surface area (Å²) in [4.78, 5) is 10.4. The minimum Gasteiger partial charge on any atom is -0.226 e. The van der Waals surface area contributed by atoms with Gasteiger partial charge in [0.1, 0.15) is 0 Å². The Morgan fingerprint density at radius 1 is 0.522 bits per heavy atom. The zero-order chi connectivity index (χ0) is 37.2. The van der Waals surface area contributed by atoms with Crippen LogP contribution in [0.2, 0.25) is 0 Å². The molecule has 10 rings (SSSR count). The summed E-state index contributed by atoms with van der Waals surface area (Å²) < 4.78 is 75.5. The monoisotopic (exact) mass is 628 g/mol. The van der Waals surface area contributed by atoms with Gasteiger partial charge < -0.3 is 0 Å². The zero-order valence-corrected chi connectivity index (χ0v) is 25.6. The molecule has 10 aromatic rings. The van der Waals surface area contributed by atoms with Crippen molar-refractivity contribution in [1.82, 2.24) is 9.97 Å². The second kappa shape index (κ2) is 10.0. The fourth-order valence-electron chi connectivity index (χ4n) is 6.35. The van der Waals surface area contributed by atoms with Crippen molar-refractivity contribution in [3.8, 4) is 33.8 Å². The Balaban J connectivity index is 1.46. The van der Waals surface area contributed by atoms with E-state index < -0.39 is 6.04 Å². The maximum absolute atomic E-state index is 10.1. The standard InChI is InChI=1S/C42H24N2S2/c1-2-12-26(13-3-1)38-41-39(32-16-7-9-20-36(32)46-41)44-42(43-38)34-24-33-29(28-22-21-25-11-4-5-14-27(25)23-28)17-10-18-30(33)40-37(34)31-15-6-8-19-35(31)45-40/h1-24H/i6D,8D,10D,15D,17D,18D,19D,24D. The molecule has 3 heterocycles. The molecule has 0 amide bonds. The first-order valence-corrected chi connectivity index (χ1v) is 16.4. The number of fused-ring (bicyclic) bond motifs is 9. The van der Waals surface area contributed by atoms with Gasteiger partial charge in [-0.3, -0.25) is 0 Å². The molecular weight excluding hydrogens is 597 g/mol. The van der Waals surface area contributed by atoms with Gasteiger partial charge in [0.05, 0.1) is 26.9 Å². The molecular formula is C42H24N2S2. The van der Waals surface area contributed by atoms with Gasteiger partial charge in [0.25, 0.3) is 0 Å². The summed E-state index contributed by atoms with van der Waals surface area (Å²) >= 11 is 2.68. The summed E-state index contributed by atoms with van der Waals surface area (Å²) in [6.07, 6.45) is 0. The molecule has 4 heteroatoms. The van der Waals surface area contributed by atoms with Crippen molar-refractivity contribution >= 4 is 84.7 Å². The van der Waals surface area contributed by atoms with Gasteiger partial charge in [-0.2, -0.15) is 0 Å². The Labute approximate surface area is 284 Å². The average Bonchev–Trinajstić information content (AvgIpc) is 3.78. The van der Waals surface area contributed by atoms with Gasteiger partial charge in [0.15, 0.2) is 5.82 Å². The maximum Gasteiger partial charge on any atom is 0.161 e. The SMILES string of the molecule is [2H]c1c([2H])c([2H])c2c(sc3c4c([2H])c([2H])c([2H])c(-c5ccc6ccccc6c5)c4c([2H])c(-c4nc(-c5ccccc5)c5sc6ccccc6c5n4)c32)c1[2H]. The fraction of sp³-hybridized carbons (Fsp3) is 0. The number of thiophene rings is 2. The third-order valence-corrected chi connectivity index (χ3v) is 10.8. The molecule has 0 unspecified atom stereocenters. The van der Waals surface area contributed by atoms with E-state index in [2.05, 4.69) is 0 Å². The largest absolute Gasteiger partial charge is 0.226 e. The van der Waals surface area contributed by atoms with E-state index in [-0.39, 0.29) is 74.5 Å². The van der Waals surface area contributed by atoms with Crippen LogP contribution in [0, 0.1) is 0 Å². The van der Waals surface area contributed by atoms with Crippen molar-refractivity contribution in [2.24, 2.45) is 0 Å². The number of benzene rings is 7. The Hall–Kier alpha value is -5.42. The summed E-state index contributed by atoms with van der Waals surface area (Å²) in [6.45, 7) is 0. The van der Waals surface area contributed by atoms with E-state index in [9.17, 15) is 4.11 Å². The van der Waals surface area contributed by atoms with Crippen molar-refractivity contribution < 1.29 is 11.0 Å². The van der Waals surface area contributed by atoms with Crippen molar-refractivity contribution in [2.45, 2.75) is 0 Å². The third-order valence-electron chi connectivity index (χ3n) is 8.47. The molecule has 0 aliphatic carbocycles. The molecule has 0 spiro atoms. The van der Waals surface area contributed by atoms with E-state index in [0.29, 0.717) is 32.4 Å². The molecule has 0 aliphatic rings. The predicted molar refractivity (Wildman–Crippen MR) is 199 cm³/mol. The topological polar surface area (TPSA) is 25.8 Å². The minimum absolute atomic E-state index is 0.0901. The Morgan fingerprint density at radius 3 is 2.24 bits per heavy atom. The van der Waals surface area contributed by atoms with Gasteiger partial charge in [-0.05, 0) is 51.5 Å². The van der Waals surface area contributed by atoms with E-state index >= 15 is 0 Å². The molecule has 2 nitrogen and oxygen atoms in total. The highest BCUT2D eigenvalue weighted by Gasteiger charge is 2.21. The molecule has 0 bridgehead atoms. The van der Waals surface area contributed by atoms with Crippen molar-refractivity contribution in [1.29, 1.82) is 0 Å². The molecule has 214 valence electrons. The molecule has 0 saturated heterocycles. The van der Waals surface area contributed by atoms with Crippen LogP contribution in [0.15, 0.2) is 145 Å². The number of hydrogen-bond donors (Lipinski definition) is 0. The zero-order valence-electron chi connectivity index (χ0n) is 31.9. The highest BCUT2D eigenvalue weighted by atomic mass is 32.1. The molecule has 46 heavy (non-hydrogen) atoms. The summed E-state index contributed by atoms with van der Waals surface area (Å²) in [6, 6.07) is 29.1.